The molecule has 0 amide bonds. The predicted molar refractivity (Wildman–Crippen MR) is 99.4 cm³/mol. The van der Waals surface area contributed by atoms with E-state index in [0.717, 1.165) is 41.7 Å². The topological polar surface area (TPSA) is 81.8 Å². The van der Waals surface area contributed by atoms with E-state index >= 15 is 0 Å². The van der Waals surface area contributed by atoms with Crippen LogP contribution in [0.2, 0.25) is 0 Å². The molecule has 27 heavy (non-hydrogen) atoms. The number of benzene rings is 2. The lowest BCUT2D eigenvalue weighted by molar-refractivity contribution is -0.137. The van der Waals surface area contributed by atoms with Gasteiger partial charge in [0.25, 0.3) is 0 Å². The van der Waals surface area contributed by atoms with Crippen LogP contribution in [0.1, 0.15) is 36.3 Å². The molecule has 0 saturated heterocycles. The molecule has 1 N–H and O–H groups in total. The number of aryl methyl sites for hydroxylation is 1. The standard InChI is InChI=1S/C21H21NO5/c23-21(24)11-15-3-2-14-10-17(6-7-19(14)15)25-8-1-9-26-18-5-4-16-13-22-27-20(16)12-18/h4-7,10,12-13,15H,1-3,8-9,11H2,(H,23,24)/t15-/m0/s1. The summed E-state index contributed by atoms with van der Waals surface area (Å²) in [6.45, 7) is 1.10. The molecular formula is C21H21NO5. The fourth-order valence-electron chi connectivity index (χ4n) is 3.56. The van der Waals surface area contributed by atoms with Crippen LogP contribution in [0.5, 0.6) is 11.5 Å². The van der Waals surface area contributed by atoms with Crippen LogP contribution in [0.25, 0.3) is 11.0 Å². The summed E-state index contributed by atoms with van der Waals surface area (Å²) in [7, 11) is 0. The maximum absolute atomic E-state index is 10.9. The van der Waals surface area contributed by atoms with Gasteiger partial charge in [-0.25, -0.2) is 0 Å². The molecule has 140 valence electrons. The smallest absolute Gasteiger partial charge is 0.303 e. The Labute approximate surface area is 156 Å². The molecule has 0 saturated carbocycles. The molecule has 1 heterocycles. The van der Waals surface area contributed by atoms with Gasteiger partial charge in [0.15, 0.2) is 5.58 Å². The highest BCUT2D eigenvalue weighted by molar-refractivity contribution is 5.77. The number of carbonyl (C=O) groups is 1. The van der Waals surface area contributed by atoms with E-state index in [2.05, 4.69) is 5.16 Å². The quantitative estimate of drug-likeness (QED) is 0.602. The van der Waals surface area contributed by atoms with E-state index in [4.69, 9.17) is 19.1 Å². The largest absolute Gasteiger partial charge is 0.493 e. The Morgan fingerprint density at radius 1 is 1.15 bits per heavy atom. The van der Waals surface area contributed by atoms with E-state index in [9.17, 15) is 4.79 Å². The highest BCUT2D eigenvalue weighted by Gasteiger charge is 2.24. The van der Waals surface area contributed by atoms with Crippen molar-refractivity contribution in [2.75, 3.05) is 13.2 Å². The van der Waals surface area contributed by atoms with Crippen LogP contribution >= 0.6 is 0 Å². The molecule has 0 bridgehead atoms. The lowest BCUT2D eigenvalue weighted by Crippen LogP contribution is -2.05. The average Bonchev–Trinajstić information content (AvgIpc) is 3.27. The fourth-order valence-corrected chi connectivity index (χ4v) is 3.56. The molecule has 2 aromatic carbocycles. The van der Waals surface area contributed by atoms with Crippen molar-refractivity contribution in [3.05, 3.63) is 53.7 Å². The molecule has 0 spiro atoms. The maximum atomic E-state index is 10.9. The van der Waals surface area contributed by atoms with Crippen molar-refractivity contribution in [3.8, 4) is 11.5 Å². The van der Waals surface area contributed by atoms with E-state index in [-0.39, 0.29) is 12.3 Å². The minimum atomic E-state index is -0.740. The van der Waals surface area contributed by atoms with Crippen LogP contribution in [-0.2, 0) is 11.2 Å². The summed E-state index contributed by atoms with van der Waals surface area (Å²) in [6, 6.07) is 11.6. The van der Waals surface area contributed by atoms with Crippen molar-refractivity contribution in [1.29, 1.82) is 0 Å². The molecule has 1 atom stereocenters. The number of fused-ring (bicyclic) bond motifs is 2. The van der Waals surface area contributed by atoms with Crippen molar-refractivity contribution in [3.63, 3.8) is 0 Å². The second-order valence-electron chi connectivity index (χ2n) is 6.77. The van der Waals surface area contributed by atoms with Gasteiger partial charge in [0.05, 0.1) is 25.8 Å². The third-order valence-electron chi connectivity index (χ3n) is 4.89. The van der Waals surface area contributed by atoms with Gasteiger partial charge in [-0.05, 0) is 54.2 Å². The monoisotopic (exact) mass is 367 g/mol. The van der Waals surface area contributed by atoms with Gasteiger partial charge < -0.3 is 19.1 Å². The Balaban J connectivity index is 1.24. The second kappa shape index (κ2) is 7.70. The van der Waals surface area contributed by atoms with Crippen LogP contribution in [0, 0.1) is 0 Å². The predicted octanol–water partition coefficient (Wildman–Crippen LogP) is 4.18. The zero-order valence-corrected chi connectivity index (χ0v) is 14.9. The first kappa shape index (κ1) is 17.4. The Hall–Kier alpha value is -3.02. The van der Waals surface area contributed by atoms with Crippen molar-refractivity contribution in [1.82, 2.24) is 5.16 Å². The number of hydrogen-bond acceptors (Lipinski definition) is 5. The van der Waals surface area contributed by atoms with Gasteiger partial charge in [-0.2, -0.15) is 0 Å². The minimum Gasteiger partial charge on any atom is -0.493 e. The molecule has 1 aromatic heterocycles. The Bertz CT molecular complexity index is 949. The van der Waals surface area contributed by atoms with Gasteiger partial charge in [0.2, 0.25) is 0 Å². The van der Waals surface area contributed by atoms with E-state index in [0.29, 0.717) is 18.8 Å². The maximum Gasteiger partial charge on any atom is 0.303 e. The first-order valence-corrected chi connectivity index (χ1v) is 9.14. The summed E-state index contributed by atoms with van der Waals surface area (Å²) in [5, 5.41) is 13.7. The van der Waals surface area contributed by atoms with Gasteiger partial charge in [-0.3, -0.25) is 4.79 Å². The Kier molecular flexibility index (Phi) is 4.96. The van der Waals surface area contributed by atoms with E-state index in [1.807, 2.05) is 36.4 Å². The van der Waals surface area contributed by atoms with Crippen molar-refractivity contribution in [2.45, 2.75) is 31.6 Å². The number of aromatic nitrogens is 1. The van der Waals surface area contributed by atoms with Gasteiger partial charge in [-0.15, -0.1) is 0 Å². The zero-order valence-electron chi connectivity index (χ0n) is 14.9. The van der Waals surface area contributed by atoms with Gasteiger partial charge >= 0.3 is 5.97 Å². The average molecular weight is 367 g/mol. The summed E-state index contributed by atoms with van der Waals surface area (Å²) in [5.41, 5.74) is 3.06. The van der Waals surface area contributed by atoms with Crippen LogP contribution in [0.3, 0.4) is 0 Å². The number of carboxylic acids is 1. The molecule has 0 unspecified atom stereocenters. The molecule has 1 aliphatic carbocycles. The molecule has 0 radical (unpaired) electrons. The Morgan fingerprint density at radius 2 is 1.93 bits per heavy atom. The highest BCUT2D eigenvalue weighted by Crippen LogP contribution is 2.37. The van der Waals surface area contributed by atoms with Crippen LogP contribution < -0.4 is 9.47 Å². The molecule has 4 rings (SSSR count). The van der Waals surface area contributed by atoms with Crippen LogP contribution in [-0.4, -0.2) is 29.4 Å². The van der Waals surface area contributed by atoms with Crippen molar-refractivity contribution in [2.24, 2.45) is 0 Å². The third-order valence-corrected chi connectivity index (χ3v) is 4.89. The van der Waals surface area contributed by atoms with Gasteiger partial charge in [-0.1, -0.05) is 11.2 Å². The lowest BCUT2D eigenvalue weighted by atomic mass is 9.98. The number of aliphatic carboxylic acids is 1. The van der Waals surface area contributed by atoms with Crippen LogP contribution in [0.4, 0.5) is 0 Å². The summed E-state index contributed by atoms with van der Waals surface area (Å²) < 4.78 is 16.7. The zero-order chi connectivity index (χ0) is 18.6. The molecule has 0 aliphatic heterocycles. The highest BCUT2D eigenvalue weighted by atomic mass is 16.5. The Morgan fingerprint density at radius 3 is 2.74 bits per heavy atom. The molecule has 6 heteroatoms. The third kappa shape index (κ3) is 4.05. The van der Waals surface area contributed by atoms with Gasteiger partial charge in [0.1, 0.15) is 11.5 Å². The molecule has 6 nitrogen and oxygen atoms in total. The fraction of sp³-hybridized carbons (Fsp3) is 0.333. The second-order valence-corrected chi connectivity index (χ2v) is 6.77. The molecule has 1 aliphatic rings. The molecular weight excluding hydrogens is 346 g/mol. The van der Waals surface area contributed by atoms with Crippen molar-refractivity contribution >= 4 is 16.9 Å². The summed E-state index contributed by atoms with van der Waals surface area (Å²) >= 11 is 0. The number of nitrogens with zero attached hydrogens (tertiary/aromatic N) is 1. The SMILES string of the molecule is O=C(O)C[C@@H]1CCc2cc(OCCCOc3ccc4cnoc4c3)ccc21. The lowest BCUT2D eigenvalue weighted by Gasteiger charge is -2.11. The van der Waals surface area contributed by atoms with E-state index in [1.165, 1.54) is 5.56 Å². The van der Waals surface area contributed by atoms with Crippen LogP contribution in [0.15, 0.2) is 47.1 Å². The molecule has 0 fully saturated rings. The van der Waals surface area contributed by atoms with Gasteiger partial charge in [0, 0.05) is 17.9 Å². The normalized spacial score (nSPS) is 15.6. The first-order valence-electron chi connectivity index (χ1n) is 9.14. The number of carboxylic acid groups (broad SMARTS) is 1. The number of hydrogen-bond donors (Lipinski definition) is 1. The van der Waals surface area contributed by atoms with E-state index < -0.39 is 5.97 Å². The molecule has 3 aromatic rings. The summed E-state index contributed by atoms with van der Waals surface area (Å²) in [6.07, 6.45) is 4.44. The number of ether oxygens (including phenoxy) is 2. The first-order chi connectivity index (χ1) is 13.2. The summed E-state index contributed by atoms with van der Waals surface area (Å²) in [5.74, 6) is 0.964. The van der Waals surface area contributed by atoms with Crippen molar-refractivity contribution < 1.29 is 23.9 Å². The number of rotatable bonds is 8. The summed E-state index contributed by atoms with van der Waals surface area (Å²) in [4.78, 5) is 10.9. The van der Waals surface area contributed by atoms with E-state index in [1.54, 1.807) is 6.20 Å². The minimum absolute atomic E-state index is 0.127.